The number of nitrogens with one attached hydrogen (secondary N) is 1. The van der Waals surface area contributed by atoms with Crippen LogP contribution in [0.25, 0.3) is 0 Å². The van der Waals surface area contributed by atoms with Gasteiger partial charge in [-0.2, -0.15) is 0 Å². The van der Waals surface area contributed by atoms with Gasteiger partial charge in [0.05, 0.1) is 5.75 Å². The van der Waals surface area contributed by atoms with Crippen LogP contribution >= 0.6 is 0 Å². The molecule has 1 aliphatic carbocycles. The number of allylic oxidation sites excluding steroid dienone is 1. The first kappa shape index (κ1) is 19.0. The second-order valence-corrected chi connectivity index (χ2v) is 8.67. The zero-order valence-electron chi connectivity index (χ0n) is 14.3. The lowest BCUT2D eigenvalue weighted by Gasteiger charge is -2.24. The fourth-order valence-corrected chi connectivity index (χ4v) is 4.18. The van der Waals surface area contributed by atoms with Gasteiger partial charge < -0.3 is 10.2 Å². The maximum absolute atomic E-state index is 11.5. The highest BCUT2D eigenvalue weighted by Crippen LogP contribution is 2.46. The molecule has 0 aliphatic heterocycles. The summed E-state index contributed by atoms with van der Waals surface area (Å²) in [4.78, 5) is 6.41. The summed E-state index contributed by atoms with van der Waals surface area (Å²) in [6.45, 7) is 5.37. The second-order valence-electron chi connectivity index (χ2n) is 6.53. The summed E-state index contributed by atoms with van der Waals surface area (Å²) >= 11 is 0. The lowest BCUT2D eigenvalue weighted by Crippen LogP contribution is -2.43. The lowest BCUT2D eigenvalue weighted by atomic mass is 10.1. The van der Waals surface area contributed by atoms with Gasteiger partial charge in [0.25, 0.3) is 0 Å². The Morgan fingerprint density at radius 2 is 2.05 bits per heavy atom. The van der Waals surface area contributed by atoms with Gasteiger partial charge in [0.15, 0.2) is 5.96 Å². The smallest absolute Gasteiger partial charge is 0.193 e. The quantitative estimate of drug-likeness (QED) is 0.288. The van der Waals surface area contributed by atoms with Gasteiger partial charge in [-0.15, -0.1) is 6.58 Å². The van der Waals surface area contributed by atoms with Crippen LogP contribution in [0, 0.1) is 5.41 Å². The van der Waals surface area contributed by atoms with Crippen molar-refractivity contribution in [2.24, 2.45) is 10.4 Å². The third kappa shape index (κ3) is 7.29. The molecule has 1 saturated carbocycles. The van der Waals surface area contributed by atoms with Crippen molar-refractivity contribution in [3.63, 3.8) is 0 Å². The molecule has 0 unspecified atom stereocenters. The number of unbranched alkanes of at least 4 members (excludes halogenated alkanes) is 3. The van der Waals surface area contributed by atoms with E-state index in [-0.39, 0.29) is 11.2 Å². The highest BCUT2D eigenvalue weighted by atomic mass is 32.2. The molecule has 6 heteroatoms. The van der Waals surface area contributed by atoms with Gasteiger partial charge in [-0.25, -0.2) is 8.42 Å². The van der Waals surface area contributed by atoms with Crippen LogP contribution in [-0.2, 0) is 9.84 Å². The largest absolute Gasteiger partial charge is 0.356 e. The van der Waals surface area contributed by atoms with Crippen molar-refractivity contribution in [1.82, 2.24) is 10.2 Å². The third-order valence-electron chi connectivity index (χ3n) is 4.12. The Hall–Kier alpha value is -1.04. The predicted octanol–water partition coefficient (Wildman–Crippen LogP) is 2.06. The molecule has 0 bridgehead atoms. The summed E-state index contributed by atoms with van der Waals surface area (Å²) in [5.41, 5.74) is -0.0751. The van der Waals surface area contributed by atoms with Crippen molar-refractivity contribution >= 4 is 15.8 Å². The van der Waals surface area contributed by atoms with Gasteiger partial charge in [-0.05, 0) is 32.1 Å². The molecular formula is C16H31N3O2S. The Labute approximate surface area is 135 Å². The highest BCUT2D eigenvalue weighted by Gasteiger charge is 2.45. The Morgan fingerprint density at radius 3 is 2.55 bits per heavy atom. The SMILES string of the molecule is C=CCCCCCN(C)C(=NC)NCC1(CS(C)(=O)=O)CC1. The van der Waals surface area contributed by atoms with Crippen LogP contribution in [0.5, 0.6) is 0 Å². The fraction of sp³-hybridized carbons (Fsp3) is 0.812. The average molecular weight is 330 g/mol. The molecule has 0 heterocycles. The van der Waals surface area contributed by atoms with E-state index in [4.69, 9.17) is 0 Å². The topological polar surface area (TPSA) is 61.8 Å². The number of guanidine groups is 1. The zero-order chi connectivity index (χ0) is 16.6. The Balaban J connectivity index is 2.34. The van der Waals surface area contributed by atoms with Gasteiger partial charge in [0, 0.05) is 38.9 Å². The summed E-state index contributed by atoms with van der Waals surface area (Å²) in [5, 5.41) is 3.34. The maximum Gasteiger partial charge on any atom is 0.193 e. The van der Waals surface area contributed by atoms with Crippen LogP contribution < -0.4 is 5.32 Å². The number of nitrogens with zero attached hydrogens (tertiary/aromatic N) is 2. The fourth-order valence-electron chi connectivity index (χ4n) is 2.68. The number of sulfone groups is 1. The van der Waals surface area contributed by atoms with Crippen molar-refractivity contribution in [2.45, 2.75) is 38.5 Å². The van der Waals surface area contributed by atoms with Crippen LogP contribution in [0.4, 0.5) is 0 Å². The molecule has 0 radical (unpaired) electrons. The number of rotatable bonds is 10. The normalized spacial score (nSPS) is 17.1. The lowest BCUT2D eigenvalue weighted by molar-refractivity contribution is 0.442. The summed E-state index contributed by atoms with van der Waals surface area (Å²) < 4.78 is 23.0. The first-order valence-corrected chi connectivity index (χ1v) is 10.1. The zero-order valence-corrected chi connectivity index (χ0v) is 15.1. The molecule has 0 saturated heterocycles. The van der Waals surface area contributed by atoms with E-state index < -0.39 is 9.84 Å². The molecular weight excluding hydrogens is 298 g/mol. The molecule has 1 aliphatic rings. The number of hydrogen-bond donors (Lipinski definition) is 1. The molecule has 0 aromatic heterocycles. The van der Waals surface area contributed by atoms with Crippen LogP contribution in [-0.4, -0.2) is 58.5 Å². The highest BCUT2D eigenvalue weighted by molar-refractivity contribution is 7.90. The minimum absolute atomic E-state index is 0.0751. The van der Waals surface area contributed by atoms with Gasteiger partial charge in [-0.3, -0.25) is 4.99 Å². The Morgan fingerprint density at radius 1 is 1.36 bits per heavy atom. The van der Waals surface area contributed by atoms with E-state index in [0.717, 1.165) is 38.2 Å². The molecule has 5 nitrogen and oxygen atoms in total. The summed E-state index contributed by atoms with van der Waals surface area (Å²) in [7, 11) is 0.878. The van der Waals surface area contributed by atoms with Gasteiger partial charge in [-0.1, -0.05) is 12.5 Å². The van der Waals surface area contributed by atoms with Crippen molar-refractivity contribution in [3.8, 4) is 0 Å². The standard InChI is InChI=1S/C16H31N3O2S/c1-5-6-7-8-9-12-19(3)15(17-2)18-13-16(10-11-16)14-22(4,20)21/h5H,1,6-14H2,2-4H3,(H,17,18). The van der Waals surface area contributed by atoms with Crippen molar-refractivity contribution in [3.05, 3.63) is 12.7 Å². The molecule has 0 aromatic rings. The van der Waals surface area contributed by atoms with Crippen molar-refractivity contribution < 1.29 is 8.42 Å². The van der Waals surface area contributed by atoms with E-state index in [1.807, 2.05) is 13.1 Å². The minimum Gasteiger partial charge on any atom is -0.356 e. The monoisotopic (exact) mass is 329 g/mol. The predicted molar refractivity (Wildman–Crippen MR) is 94.0 cm³/mol. The molecule has 0 aromatic carbocycles. The summed E-state index contributed by atoms with van der Waals surface area (Å²) in [6.07, 6.45) is 9.80. The van der Waals surface area contributed by atoms with Crippen LogP contribution in [0.3, 0.4) is 0 Å². The molecule has 1 fully saturated rings. The third-order valence-corrected chi connectivity index (χ3v) is 5.26. The molecule has 22 heavy (non-hydrogen) atoms. The summed E-state index contributed by atoms with van der Waals surface area (Å²) in [6, 6.07) is 0. The number of hydrogen-bond acceptors (Lipinski definition) is 3. The first-order chi connectivity index (χ1) is 10.3. The second kappa shape index (κ2) is 8.56. The molecule has 0 amide bonds. The van der Waals surface area contributed by atoms with Crippen molar-refractivity contribution in [1.29, 1.82) is 0 Å². The Bertz CT molecular complexity index is 482. The average Bonchev–Trinajstić information content (AvgIpc) is 3.16. The van der Waals surface area contributed by atoms with E-state index in [0.29, 0.717) is 6.54 Å². The van der Waals surface area contributed by atoms with Crippen molar-refractivity contribution in [2.75, 3.05) is 39.2 Å². The molecule has 128 valence electrons. The molecule has 1 rings (SSSR count). The molecule has 1 N–H and O–H groups in total. The Kier molecular flexibility index (Phi) is 7.39. The van der Waals surface area contributed by atoms with Crippen LogP contribution in [0.1, 0.15) is 38.5 Å². The van der Waals surface area contributed by atoms with Gasteiger partial charge >= 0.3 is 0 Å². The maximum atomic E-state index is 11.5. The van der Waals surface area contributed by atoms with Crippen LogP contribution in [0.15, 0.2) is 17.6 Å². The minimum atomic E-state index is -2.92. The summed E-state index contributed by atoms with van der Waals surface area (Å²) in [5.74, 6) is 1.12. The van der Waals surface area contributed by atoms with E-state index >= 15 is 0 Å². The van der Waals surface area contributed by atoms with E-state index in [9.17, 15) is 8.42 Å². The van der Waals surface area contributed by atoms with E-state index in [1.165, 1.54) is 19.1 Å². The van der Waals surface area contributed by atoms with Gasteiger partial charge in [0.1, 0.15) is 9.84 Å². The van der Waals surface area contributed by atoms with Crippen LogP contribution in [0.2, 0.25) is 0 Å². The van der Waals surface area contributed by atoms with E-state index in [1.54, 1.807) is 7.05 Å². The van der Waals surface area contributed by atoms with E-state index in [2.05, 4.69) is 21.8 Å². The number of aliphatic imine (C=N–C) groups is 1. The molecule has 0 atom stereocenters. The first-order valence-electron chi connectivity index (χ1n) is 8.02. The molecule has 0 spiro atoms. The van der Waals surface area contributed by atoms with Gasteiger partial charge in [0.2, 0.25) is 0 Å².